The number of nitrogens with one attached hydrogen (secondary N) is 1. The first-order chi connectivity index (χ1) is 9.11. The lowest BCUT2D eigenvalue weighted by Gasteiger charge is -2.17. The van der Waals surface area contributed by atoms with Gasteiger partial charge in [-0.3, -0.25) is 4.79 Å². The van der Waals surface area contributed by atoms with Gasteiger partial charge in [0.05, 0.1) is 12.1 Å². The molecule has 0 aliphatic heterocycles. The number of hydrogen-bond donors (Lipinski definition) is 2. The van der Waals surface area contributed by atoms with Crippen molar-refractivity contribution in [3.05, 3.63) is 44.7 Å². The molecule has 19 heavy (non-hydrogen) atoms. The monoisotopic (exact) mass is 340 g/mol. The minimum Gasteiger partial charge on any atom is -0.336 e. The smallest absolute Gasteiger partial charge is 0.257 e. The number of amides is 1. The predicted molar refractivity (Wildman–Crippen MR) is 79.9 cm³/mol. The summed E-state index contributed by atoms with van der Waals surface area (Å²) in [5, 5.41) is 1.99. The molecule has 0 unspecified atom stereocenters. The van der Waals surface area contributed by atoms with Crippen molar-refractivity contribution < 1.29 is 4.79 Å². The molecule has 2 heterocycles. The van der Waals surface area contributed by atoms with Crippen LogP contribution in [0.3, 0.4) is 0 Å². The number of pyridine rings is 1. The number of carbonyl (C=O) groups excluding carboxylic acids is 1. The fourth-order valence-corrected chi connectivity index (χ4v) is 2.72. The first kappa shape index (κ1) is 14.0. The lowest BCUT2D eigenvalue weighted by molar-refractivity contribution is 0.0787. The van der Waals surface area contributed by atoms with Gasteiger partial charge in [-0.1, -0.05) is 6.07 Å². The summed E-state index contributed by atoms with van der Waals surface area (Å²) in [5.41, 5.74) is 2.88. The van der Waals surface area contributed by atoms with Crippen LogP contribution < -0.4 is 11.3 Å². The SMILES string of the molecule is CN(Cc1cccs1)C(=O)c1cc(Br)cnc1NN. The van der Waals surface area contributed by atoms with E-state index in [-0.39, 0.29) is 5.91 Å². The quantitative estimate of drug-likeness (QED) is 0.662. The second-order valence-electron chi connectivity index (χ2n) is 3.93. The van der Waals surface area contributed by atoms with Crippen molar-refractivity contribution in [3.8, 4) is 0 Å². The molecule has 0 radical (unpaired) electrons. The Morgan fingerprint density at radius 1 is 1.63 bits per heavy atom. The summed E-state index contributed by atoms with van der Waals surface area (Å²) in [7, 11) is 1.75. The molecule has 0 atom stereocenters. The summed E-state index contributed by atoms with van der Waals surface area (Å²) in [6.07, 6.45) is 1.59. The topological polar surface area (TPSA) is 71.2 Å². The largest absolute Gasteiger partial charge is 0.336 e. The number of thiophene rings is 1. The molecule has 0 saturated carbocycles. The van der Waals surface area contributed by atoms with E-state index >= 15 is 0 Å². The van der Waals surface area contributed by atoms with Crippen molar-refractivity contribution in [3.63, 3.8) is 0 Å². The Bertz CT molecular complexity index is 573. The second kappa shape index (κ2) is 6.14. The number of nitrogen functional groups attached to an aromatic ring is 1. The number of nitrogens with zero attached hydrogens (tertiary/aromatic N) is 2. The van der Waals surface area contributed by atoms with Crippen LogP contribution in [0.5, 0.6) is 0 Å². The van der Waals surface area contributed by atoms with E-state index < -0.39 is 0 Å². The van der Waals surface area contributed by atoms with Gasteiger partial charge in [0, 0.05) is 22.6 Å². The molecule has 0 bridgehead atoms. The van der Waals surface area contributed by atoms with Crippen LogP contribution in [-0.2, 0) is 6.54 Å². The van der Waals surface area contributed by atoms with E-state index in [0.29, 0.717) is 17.9 Å². The van der Waals surface area contributed by atoms with Crippen LogP contribution in [0.15, 0.2) is 34.2 Å². The standard InChI is InChI=1S/C12H13BrN4OS/c1-17(7-9-3-2-4-19-9)12(18)10-5-8(13)6-15-11(10)16-14/h2-6H,7,14H2,1H3,(H,15,16). The van der Waals surface area contributed by atoms with Crippen molar-refractivity contribution in [2.24, 2.45) is 5.84 Å². The minimum atomic E-state index is -0.129. The fraction of sp³-hybridized carbons (Fsp3) is 0.167. The lowest BCUT2D eigenvalue weighted by atomic mass is 10.2. The van der Waals surface area contributed by atoms with E-state index in [1.54, 1.807) is 35.5 Å². The maximum atomic E-state index is 12.4. The molecule has 2 aromatic heterocycles. The van der Waals surface area contributed by atoms with Gasteiger partial charge in [0.25, 0.3) is 5.91 Å². The summed E-state index contributed by atoms with van der Waals surface area (Å²) in [6.45, 7) is 0.563. The van der Waals surface area contributed by atoms with Gasteiger partial charge in [-0.25, -0.2) is 10.8 Å². The Labute approximate surface area is 123 Å². The summed E-state index contributed by atoms with van der Waals surface area (Å²) < 4.78 is 0.736. The molecule has 0 aliphatic carbocycles. The molecule has 100 valence electrons. The minimum absolute atomic E-state index is 0.129. The number of aromatic nitrogens is 1. The molecule has 7 heteroatoms. The highest BCUT2D eigenvalue weighted by atomic mass is 79.9. The normalized spacial score (nSPS) is 10.3. The Hall–Kier alpha value is -1.44. The van der Waals surface area contributed by atoms with Gasteiger partial charge in [0.1, 0.15) is 0 Å². The van der Waals surface area contributed by atoms with Crippen molar-refractivity contribution in [1.29, 1.82) is 0 Å². The molecule has 1 amide bonds. The van der Waals surface area contributed by atoms with E-state index in [4.69, 9.17) is 5.84 Å². The summed E-state index contributed by atoms with van der Waals surface area (Å²) in [5.74, 6) is 5.62. The average Bonchev–Trinajstić information content (AvgIpc) is 2.90. The average molecular weight is 341 g/mol. The molecule has 0 aliphatic rings. The highest BCUT2D eigenvalue weighted by Gasteiger charge is 2.17. The first-order valence-electron chi connectivity index (χ1n) is 5.52. The van der Waals surface area contributed by atoms with Crippen molar-refractivity contribution >= 4 is 39.0 Å². The van der Waals surface area contributed by atoms with Crippen LogP contribution in [0, 0.1) is 0 Å². The van der Waals surface area contributed by atoms with Crippen LogP contribution in [0.4, 0.5) is 5.82 Å². The third kappa shape index (κ3) is 3.31. The maximum absolute atomic E-state index is 12.4. The molecule has 3 N–H and O–H groups in total. The lowest BCUT2D eigenvalue weighted by Crippen LogP contribution is -2.27. The van der Waals surface area contributed by atoms with Gasteiger partial charge < -0.3 is 10.3 Å². The number of hydrogen-bond acceptors (Lipinski definition) is 5. The highest BCUT2D eigenvalue weighted by molar-refractivity contribution is 9.10. The van der Waals surface area contributed by atoms with Crippen LogP contribution in [0.1, 0.15) is 15.2 Å². The summed E-state index contributed by atoms with van der Waals surface area (Å²) in [4.78, 5) is 19.2. The number of carbonyl (C=O) groups is 1. The third-order valence-electron chi connectivity index (χ3n) is 2.54. The van der Waals surface area contributed by atoms with Crippen molar-refractivity contribution in [2.45, 2.75) is 6.54 Å². The summed E-state index contributed by atoms with van der Waals surface area (Å²) in [6, 6.07) is 5.66. The van der Waals surface area contributed by atoms with Crippen molar-refractivity contribution in [1.82, 2.24) is 9.88 Å². The van der Waals surface area contributed by atoms with Crippen LogP contribution in [0.25, 0.3) is 0 Å². The Morgan fingerprint density at radius 3 is 3.05 bits per heavy atom. The molecule has 0 saturated heterocycles. The molecule has 5 nitrogen and oxygen atoms in total. The second-order valence-corrected chi connectivity index (χ2v) is 5.88. The molecule has 0 fully saturated rings. The zero-order valence-electron chi connectivity index (χ0n) is 10.3. The van der Waals surface area contributed by atoms with Crippen LogP contribution in [0.2, 0.25) is 0 Å². The molecule has 2 aromatic rings. The Morgan fingerprint density at radius 2 is 2.42 bits per heavy atom. The maximum Gasteiger partial charge on any atom is 0.257 e. The zero-order chi connectivity index (χ0) is 13.8. The van der Waals surface area contributed by atoms with Gasteiger partial charge in [0.2, 0.25) is 0 Å². The number of rotatable bonds is 4. The van der Waals surface area contributed by atoms with Gasteiger partial charge in [-0.2, -0.15) is 0 Å². The highest BCUT2D eigenvalue weighted by Crippen LogP contribution is 2.20. The molecular weight excluding hydrogens is 328 g/mol. The summed E-state index contributed by atoms with van der Waals surface area (Å²) >= 11 is 4.92. The van der Waals surface area contributed by atoms with Crippen LogP contribution in [-0.4, -0.2) is 22.8 Å². The van der Waals surface area contributed by atoms with Gasteiger partial charge in [-0.15, -0.1) is 11.3 Å². The number of halogens is 1. The van der Waals surface area contributed by atoms with Gasteiger partial charge >= 0.3 is 0 Å². The Kier molecular flexibility index (Phi) is 4.52. The number of hydrazine groups is 1. The van der Waals surface area contributed by atoms with E-state index in [0.717, 1.165) is 9.35 Å². The van der Waals surface area contributed by atoms with E-state index in [2.05, 4.69) is 26.3 Å². The van der Waals surface area contributed by atoms with E-state index in [1.165, 1.54) is 0 Å². The first-order valence-corrected chi connectivity index (χ1v) is 7.19. The predicted octanol–water partition coefficient (Wildman–Crippen LogP) is 2.46. The van der Waals surface area contributed by atoms with Gasteiger partial charge in [0.15, 0.2) is 5.82 Å². The van der Waals surface area contributed by atoms with Crippen LogP contribution >= 0.6 is 27.3 Å². The molecule has 0 spiro atoms. The van der Waals surface area contributed by atoms with E-state index in [9.17, 15) is 4.79 Å². The van der Waals surface area contributed by atoms with E-state index in [1.807, 2.05) is 17.5 Å². The van der Waals surface area contributed by atoms with Crippen molar-refractivity contribution in [2.75, 3.05) is 12.5 Å². The Balaban J connectivity index is 2.21. The number of anilines is 1. The third-order valence-corrected chi connectivity index (χ3v) is 3.84. The molecule has 2 rings (SSSR count). The number of nitrogens with two attached hydrogens (primary N) is 1. The fourth-order valence-electron chi connectivity index (χ4n) is 1.63. The molecular formula is C12H13BrN4OS. The molecule has 0 aromatic carbocycles. The zero-order valence-corrected chi connectivity index (χ0v) is 12.7. The van der Waals surface area contributed by atoms with Gasteiger partial charge in [-0.05, 0) is 33.4 Å².